The zero-order chi connectivity index (χ0) is 13.4. The number of aryl methyl sites for hydroxylation is 1. The highest BCUT2D eigenvalue weighted by Crippen LogP contribution is 2.30. The quantitative estimate of drug-likeness (QED) is 0.837. The second-order valence-corrected chi connectivity index (χ2v) is 5.61. The molecule has 1 aromatic carbocycles. The number of allylic oxidation sites excluding steroid dienone is 2. The Balaban J connectivity index is 1.86. The Morgan fingerprint density at radius 1 is 1.21 bits per heavy atom. The molecule has 1 aromatic rings. The maximum absolute atomic E-state index is 12.1. The number of hydrazone groups is 1. The molecule has 0 spiro atoms. The lowest BCUT2D eigenvalue weighted by molar-refractivity contribution is -0.117. The lowest BCUT2D eigenvalue weighted by atomic mass is 9.84. The minimum Gasteiger partial charge on any atom is -0.294 e. The predicted molar refractivity (Wildman–Crippen MR) is 75.9 cm³/mol. The van der Waals surface area contributed by atoms with Crippen LogP contribution >= 0.6 is 0 Å². The van der Waals surface area contributed by atoms with Crippen LogP contribution in [0.25, 0.3) is 0 Å². The molecule has 98 valence electrons. The van der Waals surface area contributed by atoms with Gasteiger partial charge in [0.15, 0.2) is 5.78 Å². The van der Waals surface area contributed by atoms with Crippen molar-refractivity contribution in [1.29, 1.82) is 0 Å². The molecule has 0 fully saturated rings. The first kappa shape index (κ1) is 12.2. The largest absolute Gasteiger partial charge is 0.294 e. The van der Waals surface area contributed by atoms with Crippen LogP contribution < -0.4 is 5.43 Å². The van der Waals surface area contributed by atoms with Crippen molar-refractivity contribution in [2.45, 2.75) is 33.1 Å². The van der Waals surface area contributed by atoms with Crippen molar-refractivity contribution < 1.29 is 4.79 Å². The van der Waals surface area contributed by atoms with Gasteiger partial charge in [0, 0.05) is 24.1 Å². The number of carbonyl (C=O) groups excluding carboxylic acids is 1. The Labute approximate surface area is 113 Å². The molecule has 1 aliphatic carbocycles. The molecular formula is C16H18N2O. The minimum atomic E-state index is 0.278. The van der Waals surface area contributed by atoms with Gasteiger partial charge in [-0.3, -0.25) is 10.2 Å². The van der Waals surface area contributed by atoms with Crippen molar-refractivity contribution in [2.75, 3.05) is 0 Å². The Bertz CT molecular complexity index is 581. The number of ketones is 1. The zero-order valence-corrected chi connectivity index (χ0v) is 11.4. The highest BCUT2D eigenvalue weighted by molar-refractivity contribution is 6.09. The molecule has 0 amide bonds. The average molecular weight is 254 g/mol. The summed E-state index contributed by atoms with van der Waals surface area (Å²) in [6, 6.07) is 8.29. The molecule has 1 aliphatic heterocycles. The van der Waals surface area contributed by atoms with Crippen molar-refractivity contribution in [3.05, 3.63) is 46.7 Å². The summed E-state index contributed by atoms with van der Waals surface area (Å²) < 4.78 is 0. The van der Waals surface area contributed by atoms with Gasteiger partial charge in [-0.05, 0) is 24.8 Å². The smallest absolute Gasteiger partial charge is 0.161 e. The molecule has 0 radical (unpaired) electrons. The van der Waals surface area contributed by atoms with Crippen molar-refractivity contribution in [2.24, 2.45) is 11.0 Å². The molecule has 19 heavy (non-hydrogen) atoms. The second-order valence-electron chi connectivity index (χ2n) is 5.61. The van der Waals surface area contributed by atoms with Crippen molar-refractivity contribution in [1.82, 2.24) is 5.43 Å². The number of hydrogen-bond donors (Lipinski definition) is 1. The highest BCUT2D eigenvalue weighted by Gasteiger charge is 2.28. The molecule has 1 atom stereocenters. The van der Waals surface area contributed by atoms with Gasteiger partial charge < -0.3 is 0 Å². The van der Waals surface area contributed by atoms with E-state index in [1.165, 1.54) is 5.56 Å². The summed E-state index contributed by atoms with van der Waals surface area (Å²) in [5.74, 6) is 0.704. The molecule has 0 saturated heterocycles. The lowest BCUT2D eigenvalue weighted by Crippen LogP contribution is -2.29. The van der Waals surface area contributed by atoms with Crippen LogP contribution in [-0.4, -0.2) is 11.5 Å². The van der Waals surface area contributed by atoms with Gasteiger partial charge in [-0.2, -0.15) is 5.10 Å². The summed E-state index contributed by atoms with van der Waals surface area (Å²) in [5, 5.41) is 4.44. The van der Waals surface area contributed by atoms with E-state index < -0.39 is 0 Å². The summed E-state index contributed by atoms with van der Waals surface area (Å²) in [4.78, 5) is 12.1. The van der Waals surface area contributed by atoms with E-state index in [0.29, 0.717) is 18.8 Å². The van der Waals surface area contributed by atoms with E-state index in [4.69, 9.17) is 0 Å². The third kappa shape index (κ3) is 2.33. The molecular weight excluding hydrogens is 236 g/mol. The average Bonchev–Trinajstić information content (AvgIpc) is 2.39. The van der Waals surface area contributed by atoms with Crippen molar-refractivity contribution >= 4 is 11.5 Å². The number of hydrogen-bond acceptors (Lipinski definition) is 3. The van der Waals surface area contributed by atoms with E-state index in [-0.39, 0.29) is 5.78 Å². The Hall–Kier alpha value is -1.90. The monoisotopic (exact) mass is 254 g/mol. The van der Waals surface area contributed by atoms with Crippen molar-refractivity contribution in [3.63, 3.8) is 0 Å². The van der Waals surface area contributed by atoms with Crippen LogP contribution in [-0.2, 0) is 4.79 Å². The fourth-order valence-corrected chi connectivity index (χ4v) is 2.72. The second kappa shape index (κ2) is 4.65. The summed E-state index contributed by atoms with van der Waals surface area (Å²) in [6.07, 6.45) is 2.27. The summed E-state index contributed by atoms with van der Waals surface area (Å²) in [5.41, 5.74) is 8.34. The van der Waals surface area contributed by atoms with Crippen LogP contribution in [0.1, 0.15) is 37.3 Å². The third-order valence-corrected chi connectivity index (χ3v) is 3.84. The van der Waals surface area contributed by atoms with E-state index in [1.807, 2.05) is 0 Å². The van der Waals surface area contributed by atoms with E-state index in [0.717, 1.165) is 29.0 Å². The first-order valence-electron chi connectivity index (χ1n) is 6.78. The Kier molecular flexibility index (Phi) is 2.97. The standard InChI is InChI=1S/C16H18N2O/c1-10-3-5-12(6-4-10)14-9-13-15(18-17-14)7-11(2)8-16(13)19/h3-6,11,18H,7-9H2,1-2H3. The van der Waals surface area contributed by atoms with E-state index in [9.17, 15) is 4.79 Å². The SMILES string of the molecule is Cc1ccc(C2=NNC3=C(C2)C(=O)CC(C)C3)cc1. The van der Waals surface area contributed by atoms with Gasteiger partial charge in [-0.25, -0.2) is 0 Å². The van der Waals surface area contributed by atoms with Crippen LogP contribution in [0.2, 0.25) is 0 Å². The van der Waals surface area contributed by atoms with Crippen LogP contribution in [0.4, 0.5) is 0 Å². The number of carbonyl (C=O) groups is 1. The van der Waals surface area contributed by atoms with Gasteiger partial charge in [-0.15, -0.1) is 0 Å². The minimum absolute atomic E-state index is 0.278. The molecule has 0 saturated carbocycles. The number of nitrogens with one attached hydrogen (secondary N) is 1. The normalized spacial score (nSPS) is 22.7. The van der Waals surface area contributed by atoms with Crippen LogP contribution in [0.3, 0.4) is 0 Å². The fourth-order valence-electron chi connectivity index (χ4n) is 2.72. The van der Waals surface area contributed by atoms with E-state index in [1.54, 1.807) is 0 Å². The molecule has 2 aliphatic rings. The molecule has 0 bridgehead atoms. The van der Waals surface area contributed by atoms with Gasteiger partial charge >= 0.3 is 0 Å². The van der Waals surface area contributed by atoms with Gasteiger partial charge in [-0.1, -0.05) is 36.8 Å². The number of benzene rings is 1. The van der Waals surface area contributed by atoms with Crippen molar-refractivity contribution in [3.8, 4) is 0 Å². The topological polar surface area (TPSA) is 41.5 Å². The Morgan fingerprint density at radius 2 is 1.95 bits per heavy atom. The lowest BCUT2D eigenvalue weighted by Gasteiger charge is -2.27. The van der Waals surface area contributed by atoms with Gasteiger partial charge in [0.1, 0.15) is 0 Å². The summed E-state index contributed by atoms with van der Waals surface area (Å²) in [7, 11) is 0. The number of Topliss-reactive ketones (excluding diaryl/α,β-unsaturated/α-hetero) is 1. The molecule has 1 unspecified atom stereocenters. The molecule has 0 aromatic heterocycles. The Morgan fingerprint density at radius 3 is 2.68 bits per heavy atom. The molecule has 3 heteroatoms. The maximum atomic E-state index is 12.1. The van der Waals surface area contributed by atoms with Gasteiger partial charge in [0.25, 0.3) is 0 Å². The van der Waals surface area contributed by atoms with Gasteiger partial charge in [0.2, 0.25) is 0 Å². The van der Waals surface area contributed by atoms with E-state index in [2.05, 4.69) is 48.6 Å². The predicted octanol–water partition coefficient (Wildman–Crippen LogP) is 2.95. The number of rotatable bonds is 1. The maximum Gasteiger partial charge on any atom is 0.161 e. The third-order valence-electron chi connectivity index (χ3n) is 3.84. The van der Waals surface area contributed by atoms with Crippen LogP contribution in [0.5, 0.6) is 0 Å². The fraction of sp³-hybridized carbons (Fsp3) is 0.375. The van der Waals surface area contributed by atoms with Crippen LogP contribution in [0, 0.1) is 12.8 Å². The molecule has 1 heterocycles. The van der Waals surface area contributed by atoms with E-state index >= 15 is 0 Å². The molecule has 1 N–H and O–H groups in total. The highest BCUT2D eigenvalue weighted by atomic mass is 16.1. The first-order chi connectivity index (χ1) is 9.13. The van der Waals surface area contributed by atoms with Crippen LogP contribution in [0.15, 0.2) is 40.6 Å². The molecule has 3 rings (SSSR count). The first-order valence-corrected chi connectivity index (χ1v) is 6.78. The zero-order valence-electron chi connectivity index (χ0n) is 11.4. The summed E-state index contributed by atoms with van der Waals surface area (Å²) >= 11 is 0. The summed E-state index contributed by atoms with van der Waals surface area (Å²) in [6.45, 7) is 4.18. The molecule has 3 nitrogen and oxygen atoms in total. The number of nitrogens with zero attached hydrogens (tertiary/aromatic N) is 1. The van der Waals surface area contributed by atoms with Gasteiger partial charge in [0.05, 0.1) is 5.71 Å².